The SMILES string of the molecule is Cc1cc(C)cc(C(=O)CSc2ccccc2Br)c1. The predicted molar refractivity (Wildman–Crippen MR) is 85.1 cm³/mol. The van der Waals surface area contributed by atoms with Gasteiger partial charge in [0.15, 0.2) is 5.78 Å². The van der Waals surface area contributed by atoms with E-state index in [4.69, 9.17) is 0 Å². The van der Waals surface area contributed by atoms with E-state index >= 15 is 0 Å². The molecule has 98 valence electrons. The van der Waals surface area contributed by atoms with Crippen LogP contribution in [0, 0.1) is 13.8 Å². The average Bonchev–Trinajstić information content (AvgIpc) is 2.36. The number of benzene rings is 2. The summed E-state index contributed by atoms with van der Waals surface area (Å²) >= 11 is 5.06. The van der Waals surface area contributed by atoms with E-state index in [0.29, 0.717) is 5.75 Å². The Bertz CT molecular complexity index is 587. The van der Waals surface area contributed by atoms with Gasteiger partial charge in [-0.05, 0) is 54.0 Å². The van der Waals surface area contributed by atoms with Crippen LogP contribution in [0.25, 0.3) is 0 Å². The van der Waals surface area contributed by atoms with Gasteiger partial charge < -0.3 is 0 Å². The van der Waals surface area contributed by atoms with Crippen LogP contribution in [-0.4, -0.2) is 11.5 Å². The molecule has 0 spiro atoms. The summed E-state index contributed by atoms with van der Waals surface area (Å²) in [6, 6.07) is 13.9. The molecule has 2 rings (SSSR count). The molecule has 0 radical (unpaired) electrons. The molecule has 2 aromatic rings. The van der Waals surface area contributed by atoms with Crippen LogP contribution in [0.5, 0.6) is 0 Å². The van der Waals surface area contributed by atoms with Crippen molar-refractivity contribution >= 4 is 33.5 Å². The fourth-order valence-corrected chi connectivity index (χ4v) is 3.39. The highest BCUT2D eigenvalue weighted by molar-refractivity contribution is 9.10. The number of Topliss-reactive ketones (excluding diaryl/α,β-unsaturated/α-hetero) is 1. The highest BCUT2D eigenvalue weighted by atomic mass is 79.9. The van der Waals surface area contributed by atoms with E-state index in [1.807, 2.05) is 50.2 Å². The summed E-state index contributed by atoms with van der Waals surface area (Å²) in [6.07, 6.45) is 0. The zero-order valence-corrected chi connectivity index (χ0v) is 13.3. The van der Waals surface area contributed by atoms with Gasteiger partial charge >= 0.3 is 0 Å². The van der Waals surface area contributed by atoms with Crippen molar-refractivity contribution in [3.05, 3.63) is 63.6 Å². The molecule has 0 heterocycles. The summed E-state index contributed by atoms with van der Waals surface area (Å²) in [5.74, 6) is 0.637. The van der Waals surface area contributed by atoms with Crippen LogP contribution in [0.15, 0.2) is 51.8 Å². The van der Waals surface area contributed by atoms with Gasteiger partial charge in [-0.1, -0.05) is 29.3 Å². The molecule has 2 aromatic carbocycles. The molecule has 0 aliphatic carbocycles. The largest absolute Gasteiger partial charge is 0.293 e. The number of aryl methyl sites for hydroxylation is 2. The van der Waals surface area contributed by atoms with Crippen molar-refractivity contribution in [3.8, 4) is 0 Å². The Kier molecular flexibility index (Phi) is 4.83. The number of carbonyl (C=O) groups excluding carboxylic acids is 1. The maximum atomic E-state index is 12.2. The first-order chi connectivity index (χ1) is 9.06. The van der Waals surface area contributed by atoms with Gasteiger partial charge in [-0.3, -0.25) is 4.79 Å². The topological polar surface area (TPSA) is 17.1 Å². The summed E-state index contributed by atoms with van der Waals surface area (Å²) in [6.45, 7) is 4.04. The van der Waals surface area contributed by atoms with Crippen molar-refractivity contribution < 1.29 is 4.79 Å². The highest BCUT2D eigenvalue weighted by Gasteiger charge is 2.09. The van der Waals surface area contributed by atoms with Crippen LogP contribution in [0.4, 0.5) is 0 Å². The maximum absolute atomic E-state index is 12.2. The average molecular weight is 335 g/mol. The third kappa shape index (κ3) is 3.95. The van der Waals surface area contributed by atoms with Crippen molar-refractivity contribution in [2.75, 3.05) is 5.75 Å². The van der Waals surface area contributed by atoms with Crippen molar-refractivity contribution in [1.82, 2.24) is 0 Å². The lowest BCUT2D eigenvalue weighted by Gasteiger charge is -2.05. The van der Waals surface area contributed by atoms with Gasteiger partial charge in [-0.25, -0.2) is 0 Å². The van der Waals surface area contributed by atoms with E-state index in [2.05, 4.69) is 22.0 Å². The van der Waals surface area contributed by atoms with Gasteiger partial charge in [0.2, 0.25) is 0 Å². The molecule has 0 saturated heterocycles. The third-order valence-corrected chi connectivity index (χ3v) is 4.77. The summed E-state index contributed by atoms with van der Waals surface area (Å²) < 4.78 is 1.04. The predicted octanol–water partition coefficient (Wildman–Crippen LogP) is 5.04. The van der Waals surface area contributed by atoms with Crippen LogP contribution in [0.2, 0.25) is 0 Å². The molecule has 0 aromatic heterocycles. The zero-order valence-electron chi connectivity index (χ0n) is 10.9. The Hall–Kier alpha value is -1.06. The van der Waals surface area contributed by atoms with Crippen molar-refractivity contribution in [2.24, 2.45) is 0 Å². The second kappa shape index (κ2) is 6.40. The van der Waals surface area contributed by atoms with Crippen LogP contribution < -0.4 is 0 Å². The Morgan fingerprint density at radius 2 is 1.74 bits per heavy atom. The molecule has 0 atom stereocenters. The lowest BCUT2D eigenvalue weighted by Crippen LogP contribution is -2.03. The molecule has 3 heteroatoms. The number of hydrogen-bond donors (Lipinski definition) is 0. The molecule has 19 heavy (non-hydrogen) atoms. The zero-order chi connectivity index (χ0) is 13.8. The minimum atomic E-state index is 0.174. The molecule has 0 saturated carbocycles. The number of thioether (sulfide) groups is 1. The van der Waals surface area contributed by atoms with Crippen molar-refractivity contribution in [2.45, 2.75) is 18.7 Å². The molecule has 0 amide bonds. The number of halogens is 1. The molecule has 0 aliphatic rings. The van der Waals surface area contributed by atoms with Crippen molar-refractivity contribution in [1.29, 1.82) is 0 Å². The van der Waals surface area contributed by atoms with Crippen LogP contribution in [0.1, 0.15) is 21.5 Å². The Morgan fingerprint density at radius 1 is 1.11 bits per heavy atom. The lowest BCUT2D eigenvalue weighted by molar-refractivity contribution is 0.102. The Labute approximate surface area is 126 Å². The normalized spacial score (nSPS) is 10.5. The van der Waals surface area contributed by atoms with Gasteiger partial charge in [0.1, 0.15) is 0 Å². The molecule has 0 aliphatic heterocycles. The molecule has 1 nitrogen and oxygen atoms in total. The summed E-state index contributed by atoms with van der Waals surface area (Å²) in [7, 11) is 0. The number of ketones is 1. The number of rotatable bonds is 4. The van der Waals surface area contributed by atoms with Gasteiger partial charge in [-0.15, -0.1) is 11.8 Å². The minimum Gasteiger partial charge on any atom is -0.293 e. The fourth-order valence-electron chi connectivity index (χ4n) is 1.92. The molecule has 0 bridgehead atoms. The molecule has 0 unspecified atom stereocenters. The van der Waals surface area contributed by atoms with Crippen LogP contribution >= 0.6 is 27.7 Å². The monoisotopic (exact) mass is 334 g/mol. The highest BCUT2D eigenvalue weighted by Crippen LogP contribution is 2.27. The van der Waals surface area contributed by atoms with Gasteiger partial charge in [-0.2, -0.15) is 0 Å². The first kappa shape index (κ1) is 14.4. The standard InChI is InChI=1S/C16H15BrOS/c1-11-7-12(2)9-13(8-11)15(18)10-19-16-6-4-3-5-14(16)17/h3-9H,10H2,1-2H3. The number of carbonyl (C=O) groups is 1. The molecular weight excluding hydrogens is 320 g/mol. The maximum Gasteiger partial charge on any atom is 0.173 e. The summed E-state index contributed by atoms with van der Waals surface area (Å²) in [5.41, 5.74) is 3.07. The molecule has 0 N–H and O–H groups in total. The second-order valence-corrected chi connectivity index (χ2v) is 6.39. The minimum absolute atomic E-state index is 0.174. The fraction of sp³-hybridized carbons (Fsp3) is 0.188. The first-order valence-electron chi connectivity index (χ1n) is 6.05. The third-order valence-electron chi connectivity index (χ3n) is 2.74. The van der Waals surface area contributed by atoms with E-state index in [9.17, 15) is 4.79 Å². The van der Waals surface area contributed by atoms with E-state index in [1.54, 1.807) is 11.8 Å². The molecular formula is C16H15BrOS. The van der Waals surface area contributed by atoms with Gasteiger partial charge in [0, 0.05) is 14.9 Å². The molecule has 0 fully saturated rings. The number of hydrogen-bond acceptors (Lipinski definition) is 2. The van der Waals surface area contributed by atoms with Crippen LogP contribution in [0.3, 0.4) is 0 Å². The quantitative estimate of drug-likeness (QED) is 0.575. The van der Waals surface area contributed by atoms with E-state index in [-0.39, 0.29) is 5.78 Å². The van der Waals surface area contributed by atoms with Crippen LogP contribution in [-0.2, 0) is 0 Å². The van der Waals surface area contributed by atoms with E-state index in [1.165, 1.54) is 0 Å². The Balaban J connectivity index is 2.08. The lowest BCUT2D eigenvalue weighted by atomic mass is 10.1. The van der Waals surface area contributed by atoms with Gasteiger partial charge in [0.05, 0.1) is 5.75 Å². The smallest absolute Gasteiger partial charge is 0.173 e. The second-order valence-electron chi connectivity index (χ2n) is 4.52. The van der Waals surface area contributed by atoms with Crippen molar-refractivity contribution in [3.63, 3.8) is 0 Å². The van der Waals surface area contributed by atoms with E-state index in [0.717, 1.165) is 26.1 Å². The summed E-state index contributed by atoms with van der Waals surface area (Å²) in [4.78, 5) is 13.3. The summed E-state index contributed by atoms with van der Waals surface area (Å²) in [5, 5.41) is 0. The first-order valence-corrected chi connectivity index (χ1v) is 7.83. The van der Waals surface area contributed by atoms with E-state index < -0.39 is 0 Å². The van der Waals surface area contributed by atoms with Gasteiger partial charge in [0.25, 0.3) is 0 Å². The Morgan fingerprint density at radius 3 is 2.37 bits per heavy atom.